The van der Waals surface area contributed by atoms with E-state index in [0.717, 1.165) is 12.1 Å². The lowest BCUT2D eigenvalue weighted by atomic mass is 10.1. The molecule has 0 atom stereocenters. The van der Waals surface area contributed by atoms with Crippen LogP contribution in [-0.4, -0.2) is 22.0 Å². The number of hydrogen-bond donors (Lipinski definition) is 2. The standard InChI is InChI=1S/C8H5FO4/c9-6-3-4(10)1-2-5(6)7(11)8(12)13/h1-3,10H,(H,12,13). The van der Waals surface area contributed by atoms with Gasteiger partial charge in [0, 0.05) is 6.07 Å². The second-order valence-electron chi connectivity index (χ2n) is 2.30. The van der Waals surface area contributed by atoms with Gasteiger partial charge >= 0.3 is 5.97 Å². The van der Waals surface area contributed by atoms with Crippen molar-refractivity contribution in [2.75, 3.05) is 0 Å². The topological polar surface area (TPSA) is 74.6 Å². The molecule has 0 spiro atoms. The maximum Gasteiger partial charge on any atom is 0.377 e. The van der Waals surface area contributed by atoms with Crippen molar-refractivity contribution in [3.8, 4) is 5.75 Å². The van der Waals surface area contributed by atoms with E-state index in [1.165, 1.54) is 0 Å². The first-order chi connectivity index (χ1) is 6.02. The minimum atomic E-state index is -1.73. The van der Waals surface area contributed by atoms with Crippen molar-refractivity contribution in [3.05, 3.63) is 29.6 Å². The van der Waals surface area contributed by atoms with E-state index in [1.54, 1.807) is 0 Å². The van der Waals surface area contributed by atoms with Crippen molar-refractivity contribution in [1.29, 1.82) is 0 Å². The van der Waals surface area contributed by atoms with E-state index in [1.807, 2.05) is 0 Å². The molecule has 13 heavy (non-hydrogen) atoms. The molecular formula is C8H5FO4. The number of carbonyl (C=O) groups is 2. The largest absolute Gasteiger partial charge is 0.508 e. The van der Waals surface area contributed by atoms with E-state index < -0.39 is 23.1 Å². The smallest absolute Gasteiger partial charge is 0.377 e. The molecule has 0 radical (unpaired) electrons. The number of aliphatic carboxylic acids is 1. The highest BCUT2D eigenvalue weighted by Gasteiger charge is 2.18. The van der Waals surface area contributed by atoms with Gasteiger partial charge < -0.3 is 10.2 Å². The van der Waals surface area contributed by atoms with Gasteiger partial charge in [-0.15, -0.1) is 0 Å². The minimum Gasteiger partial charge on any atom is -0.508 e. The van der Waals surface area contributed by atoms with Crippen LogP contribution in [0, 0.1) is 5.82 Å². The quantitative estimate of drug-likeness (QED) is 0.526. The predicted octanol–water partition coefficient (Wildman–Crippen LogP) is 0.799. The molecule has 1 aromatic carbocycles. The van der Waals surface area contributed by atoms with Crippen LogP contribution in [0.4, 0.5) is 4.39 Å². The third kappa shape index (κ3) is 1.81. The van der Waals surface area contributed by atoms with Crippen LogP contribution in [0.15, 0.2) is 18.2 Å². The molecule has 0 amide bonds. The Morgan fingerprint density at radius 1 is 1.31 bits per heavy atom. The summed E-state index contributed by atoms with van der Waals surface area (Å²) in [7, 11) is 0. The van der Waals surface area contributed by atoms with Gasteiger partial charge in [-0.1, -0.05) is 0 Å². The molecule has 68 valence electrons. The van der Waals surface area contributed by atoms with Crippen LogP contribution in [0.25, 0.3) is 0 Å². The number of phenols is 1. The number of phenolic OH excluding ortho intramolecular Hbond substituents is 1. The lowest BCUT2D eigenvalue weighted by Crippen LogP contribution is -2.14. The Hall–Kier alpha value is -1.91. The molecule has 0 aliphatic rings. The average Bonchev–Trinajstić information content (AvgIpc) is 2.03. The molecule has 1 aromatic rings. The highest BCUT2D eigenvalue weighted by molar-refractivity contribution is 6.39. The predicted molar refractivity (Wildman–Crippen MR) is 40.0 cm³/mol. The zero-order valence-electron chi connectivity index (χ0n) is 6.32. The van der Waals surface area contributed by atoms with Crippen LogP contribution in [0.1, 0.15) is 10.4 Å². The van der Waals surface area contributed by atoms with Gasteiger partial charge in [0.25, 0.3) is 5.78 Å². The molecule has 0 aliphatic heterocycles. The van der Waals surface area contributed by atoms with Crippen molar-refractivity contribution in [1.82, 2.24) is 0 Å². The zero-order valence-corrected chi connectivity index (χ0v) is 6.32. The summed E-state index contributed by atoms with van der Waals surface area (Å²) in [6.07, 6.45) is 0. The van der Waals surface area contributed by atoms with Crippen LogP contribution in [0.3, 0.4) is 0 Å². The van der Waals surface area contributed by atoms with E-state index in [0.29, 0.717) is 6.07 Å². The summed E-state index contributed by atoms with van der Waals surface area (Å²) < 4.78 is 12.8. The number of Topliss-reactive ketones (excluding diaryl/α,β-unsaturated/α-hetero) is 1. The highest BCUT2D eigenvalue weighted by atomic mass is 19.1. The normalized spacial score (nSPS) is 9.62. The Kier molecular flexibility index (Phi) is 2.27. The molecule has 0 aromatic heterocycles. The van der Waals surface area contributed by atoms with Crippen molar-refractivity contribution < 1.29 is 24.2 Å². The van der Waals surface area contributed by atoms with E-state index in [9.17, 15) is 14.0 Å². The maximum atomic E-state index is 12.8. The van der Waals surface area contributed by atoms with Gasteiger partial charge in [-0.05, 0) is 12.1 Å². The van der Waals surface area contributed by atoms with E-state index >= 15 is 0 Å². The van der Waals surface area contributed by atoms with Gasteiger partial charge in [-0.2, -0.15) is 0 Å². The Morgan fingerprint density at radius 3 is 2.38 bits per heavy atom. The number of benzene rings is 1. The third-order valence-corrected chi connectivity index (χ3v) is 1.39. The lowest BCUT2D eigenvalue weighted by molar-refractivity contribution is -0.131. The summed E-state index contributed by atoms with van der Waals surface area (Å²) in [5, 5.41) is 17.0. The number of ketones is 1. The van der Waals surface area contributed by atoms with Crippen LogP contribution in [-0.2, 0) is 4.79 Å². The maximum absolute atomic E-state index is 12.8. The number of rotatable bonds is 2. The van der Waals surface area contributed by atoms with Crippen molar-refractivity contribution >= 4 is 11.8 Å². The molecule has 0 saturated heterocycles. The van der Waals surface area contributed by atoms with E-state index in [2.05, 4.69) is 0 Å². The summed E-state index contributed by atoms with van der Waals surface area (Å²) in [5.74, 6) is -4.48. The molecule has 0 aliphatic carbocycles. The summed E-state index contributed by atoms with van der Waals surface area (Å²) >= 11 is 0. The number of hydrogen-bond acceptors (Lipinski definition) is 3. The van der Waals surface area contributed by atoms with E-state index in [-0.39, 0.29) is 5.75 Å². The number of carboxylic acid groups (broad SMARTS) is 1. The molecule has 2 N–H and O–H groups in total. The number of carboxylic acids is 1. The molecule has 4 nitrogen and oxygen atoms in total. The Labute approximate surface area is 72.2 Å². The van der Waals surface area contributed by atoms with Crippen LogP contribution in [0.2, 0.25) is 0 Å². The molecule has 1 rings (SSSR count). The molecule has 0 unspecified atom stereocenters. The Morgan fingerprint density at radius 2 is 1.92 bits per heavy atom. The van der Waals surface area contributed by atoms with Crippen LogP contribution in [0.5, 0.6) is 5.75 Å². The second kappa shape index (κ2) is 3.22. The molecule has 0 saturated carbocycles. The number of halogens is 1. The molecule has 0 heterocycles. The zero-order chi connectivity index (χ0) is 10.0. The third-order valence-electron chi connectivity index (χ3n) is 1.39. The number of carbonyl (C=O) groups excluding carboxylic acids is 1. The summed E-state index contributed by atoms with van der Waals surface area (Å²) in [6.45, 7) is 0. The fourth-order valence-electron chi connectivity index (χ4n) is 0.803. The van der Waals surface area contributed by atoms with Crippen LogP contribution < -0.4 is 0 Å². The fraction of sp³-hybridized carbons (Fsp3) is 0. The van der Waals surface area contributed by atoms with Crippen molar-refractivity contribution in [2.45, 2.75) is 0 Å². The number of aromatic hydroxyl groups is 1. The summed E-state index contributed by atoms with van der Waals surface area (Å²) in [6, 6.07) is 2.64. The lowest BCUT2D eigenvalue weighted by Gasteiger charge is -1.98. The van der Waals surface area contributed by atoms with Crippen LogP contribution >= 0.6 is 0 Å². The first kappa shape index (κ1) is 9.18. The summed E-state index contributed by atoms with van der Waals surface area (Å²) in [4.78, 5) is 20.9. The van der Waals surface area contributed by atoms with Crippen molar-refractivity contribution in [3.63, 3.8) is 0 Å². The van der Waals surface area contributed by atoms with Crippen molar-refractivity contribution in [2.24, 2.45) is 0 Å². The first-order valence-corrected chi connectivity index (χ1v) is 3.28. The van der Waals surface area contributed by atoms with Gasteiger partial charge in [0.1, 0.15) is 11.6 Å². The highest BCUT2D eigenvalue weighted by Crippen LogP contribution is 2.15. The SMILES string of the molecule is O=C(O)C(=O)c1ccc(O)cc1F. The van der Waals surface area contributed by atoms with Gasteiger partial charge in [-0.3, -0.25) is 4.79 Å². The van der Waals surface area contributed by atoms with Gasteiger partial charge in [0.05, 0.1) is 5.56 Å². The van der Waals surface area contributed by atoms with Gasteiger partial charge in [-0.25, -0.2) is 9.18 Å². The molecule has 0 fully saturated rings. The molecule has 0 bridgehead atoms. The summed E-state index contributed by atoms with van der Waals surface area (Å²) in [5.41, 5.74) is -0.565. The average molecular weight is 184 g/mol. The van der Waals surface area contributed by atoms with Gasteiger partial charge in [0.2, 0.25) is 0 Å². The van der Waals surface area contributed by atoms with E-state index in [4.69, 9.17) is 10.2 Å². The minimum absolute atomic E-state index is 0.362. The second-order valence-corrected chi connectivity index (χ2v) is 2.30. The molecular weight excluding hydrogens is 179 g/mol. The monoisotopic (exact) mass is 184 g/mol. The Bertz CT molecular complexity index is 372. The Balaban J connectivity index is 3.16. The van der Waals surface area contributed by atoms with Gasteiger partial charge in [0.15, 0.2) is 0 Å². The fourth-order valence-corrected chi connectivity index (χ4v) is 0.803. The molecule has 5 heteroatoms. The first-order valence-electron chi connectivity index (χ1n) is 3.28.